The first kappa shape index (κ1) is 17.2. The second-order valence-corrected chi connectivity index (χ2v) is 7.34. The zero-order chi connectivity index (χ0) is 16.4. The summed E-state index contributed by atoms with van der Waals surface area (Å²) in [4.78, 5) is -0.323. The Hall–Kier alpha value is -1.12. The van der Waals surface area contributed by atoms with Crippen molar-refractivity contribution in [3.8, 4) is 0 Å². The lowest BCUT2D eigenvalue weighted by molar-refractivity contribution is -0.137. The van der Waals surface area contributed by atoms with Gasteiger partial charge in [0.1, 0.15) is 0 Å². The molecule has 1 aromatic rings. The van der Waals surface area contributed by atoms with Crippen LogP contribution in [0, 0.1) is 0 Å². The van der Waals surface area contributed by atoms with E-state index in [0.717, 1.165) is 38.3 Å². The molecule has 1 fully saturated rings. The molecular weight excluding hydrogens is 319 g/mol. The molecule has 0 spiro atoms. The van der Waals surface area contributed by atoms with Gasteiger partial charge in [0.2, 0.25) is 0 Å². The highest BCUT2D eigenvalue weighted by molar-refractivity contribution is 7.90. The third-order valence-electron chi connectivity index (χ3n) is 3.55. The average molecular weight is 337 g/mol. The zero-order valence-corrected chi connectivity index (χ0v) is 12.9. The van der Waals surface area contributed by atoms with E-state index in [1.165, 1.54) is 6.07 Å². The van der Waals surface area contributed by atoms with Crippen LogP contribution in [0.5, 0.6) is 0 Å². The van der Waals surface area contributed by atoms with E-state index in [2.05, 4.69) is 5.32 Å². The van der Waals surface area contributed by atoms with Crippen molar-refractivity contribution in [2.45, 2.75) is 36.6 Å². The Kier molecular flexibility index (Phi) is 5.14. The molecule has 1 saturated heterocycles. The monoisotopic (exact) mass is 337 g/mol. The van der Waals surface area contributed by atoms with Crippen molar-refractivity contribution >= 4 is 9.84 Å². The third-order valence-corrected chi connectivity index (χ3v) is 4.73. The number of nitrogens with one attached hydrogen (secondary N) is 1. The molecule has 0 aliphatic carbocycles. The lowest BCUT2D eigenvalue weighted by Crippen LogP contribution is -2.32. The summed E-state index contributed by atoms with van der Waals surface area (Å²) in [6.45, 7) is 1.62. The minimum Gasteiger partial charge on any atom is -0.373 e. The summed E-state index contributed by atoms with van der Waals surface area (Å²) in [7, 11) is -3.76. The second kappa shape index (κ2) is 6.55. The second-order valence-electron chi connectivity index (χ2n) is 5.35. The van der Waals surface area contributed by atoms with Gasteiger partial charge in [-0.1, -0.05) is 6.07 Å². The summed E-state index contributed by atoms with van der Waals surface area (Å²) in [5, 5.41) is 3.17. The maximum atomic E-state index is 12.7. The highest BCUT2D eigenvalue weighted by atomic mass is 32.2. The Bertz CT molecular complexity index is 623. The molecule has 0 radical (unpaired) electrons. The van der Waals surface area contributed by atoms with Crippen LogP contribution < -0.4 is 5.32 Å². The first-order valence-electron chi connectivity index (χ1n) is 6.90. The summed E-state index contributed by atoms with van der Waals surface area (Å²) in [6.07, 6.45) is -2.08. The molecule has 0 bridgehead atoms. The van der Waals surface area contributed by atoms with Gasteiger partial charge in [-0.3, -0.25) is 0 Å². The summed E-state index contributed by atoms with van der Waals surface area (Å²) in [6, 6.07) is 2.74. The number of rotatable bonds is 4. The molecule has 1 aliphatic heterocycles. The van der Waals surface area contributed by atoms with Crippen LogP contribution in [0.4, 0.5) is 13.2 Å². The van der Waals surface area contributed by atoms with Crippen LogP contribution in [0.15, 0.2) is 23.1 Å². The topological polar surface area (TPSA) is 55.4 Å². The molecule has 0 amide bonds. The number of hydrogen-bond donors (Lipinski definition) is 1. The van der Waals surface area contributed by atoms with E-state index >= 15 is 0 Å². The average Bonchev–Trinajstić information content (AvgIpc) is 2.44. The third kappa shape index (κ3) is 4.44. The number of hydrogen-bond acceptors (Lipinski definition) is 4. The lowest BCUT2D eigenvalue weighted by Gasteiger charge is -2.23. The van der Waals surface area contributed by atoms with Crippen LogP contribution in [0.2, 0.25) is 0 Å². The normalized spacial score (nSPS) is 17.6. The fourth-order valence-corrected chi connectivity index (χ4v) is 3.31. The van der Waals surface area contributed by atoms with Crippen molar-refractivity contribution in [1.82, 2.24) is 5.32 Å². The molecule has 1 N–H and O–H groups in total. The molecule has 0 aromatic heterocycles. The van der Waals surface area contributed by atoms with Crippen molar-refractivity contribution in [3.05, 3.63) is 29.3 Å². The Morgan fingerprint density at radius 3 is 2.45 bits per heavy atom. The van der Waals surface area contributed by atoms with Gasteiger partial charge in [0.15, 0.2) is 9.84 Å². The Morgan fingerprint density at radius 1 is 1.27 bits per heavy atom. The highest BCUT2D eigenvalue weighted by Gasteiger charge is 2.32. The van der Waals surface area contributed by atoms with Crippen LogP contribution in [-0.2, 0) is 27.4 Å². The van der Waals surface area contributed by atoms with E-state index in [1.807, 2.05) is 0 Å². The van der Waals surface area contributed by atoms with Crippen LogP contribution in [-0.4, -0.2) is 33.9 Å². The number of piperidine rings is 1. The summed E-state index contributed by atoms with van der Waals surface area (Å²) < 4.78 is 67.3. The predicted molar refractivity (Wildman–Crippen MR) is 75.2 cm³/mol. The van der Waals surface area contributed by atoms with E-state index in [-0.39, 0.29) is 23.2 Å². The lowest BCUT2D eigenvalue weighted by atomic mass is 10.1. The molecule has 1 heterocycles. The predicted octanol–water partition coefficient (Wildman–Crippen LogP) is 2.38. The van der Waals surface area contributed by atoms with Crippen LogP contribution in [0.25, 0.3) is 0 Å². The smallest absolute Gasteiger partial charge is 0.373 e. The van der Waals surface area contributed by atoms with Crippen molar-refractivity contribution in [2.75, 3.05) is 19.3 Å². The van der Waals surface area contributed by atoms with E-state index < -0.39 is 21.6 Å². The van der Waals surface area contributed by atoms with Crippen molar-refractivity contribution in [2.24, 2.45) is 0 Å². The number of benzene rings is 1. The number of sulfone groups is 1. The van der Waals surface area contributed by atoms with Gasteiger partial charge in [0.25, 0.3) is 0 Å². The minimum absolute atomic E-state index is 0.00375. The van der Waals surface area contributed by atoms with Gasteiger partial charge in [-0.05, 0) is 43.6 Å². The van der Waals surface area contributed by atoms with Gasteiger partial charge in [-0.2, -0.15) is 13.2 Å². The van der Waals surface area contributed by atoms with Crippen LogP contribution >= 0.6 is 0 Å². The molecule has 2 rings (SSSR count). The van der Waals surface area contributed by atoms with Gasteiger partial charge in [-0.15, -0.1) is 0 Å². The fraction of sp³-hybridized carbons (Fsp3) is 0.571. The SMILES string of the molecule is CS(=O)(=O)c1cc(C(F)(F)F)ccc1COC1CCNCC1. The molecule has 4 nitrogen and oxygen atoms in total. The van der Waals surface area contributed by atoms with E-state index in [9.17, 15) is 21.6 Å². The number of alkyl halides is 3. The molecular formula is C14H18F3NO3S. The Balaban J connectivity index is 2.22. The maximum Gasteiger partial charge on any atom is 0.416 e. The van der Waals surface area contributed by atoms with E-state index in [4.69, 9.17) is 4.74 Å². The molecule has 1 aromatic carbocycles. The molecule has 0 unspecified atom stereocenters. The van der Waals surface area contributed by atoms with Crippen LogP contribution in [0.1, 0.15) is 24.0 Å². The summed E-state index contributed by atoms with van der Waals surface area (Å²) in [5.41, 5.74) is -0.715. The van der Waals surface area contributed by atoms with Gasteiger partial charge in [-0.25, -0.2) is 8.42 Å². The zero-order valence-electron chi connectivity index (χ0n) is 12.1. The first-order valence-corrected chi connectivity index (χ1v) is 8.79. The molecule has 1 aliphatic rings. The van der Waals surface area contributed by atoms with Crippen molar-refractivity contribution in [1.29, 1.82) is 0 Å². The van der Waals surface area contributed by atoms with Gasteiger partial charge < -0.3 is 10.1 Å². The highest BCUT2D eigenvalue weighted by Crippen LogP contribution is 2.32. The molecule has 0 atom stereocenters. The summed E-state index contributed by atoms with van der Waals surface area (Å²) in [5.74, 6) is 0. The Morgan fingerprint density at radius 2 is 1.91 bits per heavy atom. The van der Waals surface area contributed by atoms with Crippen LogP contribution in [0.3, 0.4) is 0 Å². The Labute approximate surface area is 127 Å². The molecule has 8 heteroatoms. The van der Waals surface area contributed by atoms with E-state index in [1.54, 1.807) is 0 Å². The van der Waals surface area contributed by atoms with Gasteiger partial charge in [0, 0.05) is 6.26 Å². The molecule has 0 saturated carbocycles. The number of ether oxygens (including phenoxy) is 1. The minimum atomic E-state index is -4.58. The van der Waals surface area contributed by atoms with Crippen molar-refractivity contribution < 1.29 is 26.3 Å². The quantitative estimate of drug-likeness (QED) is 0.916. The maximum absolute atomic E-state index is 12.7. The molecule has 124 valence electrons. The number of halogens is 3. The van der Waals surface area contributed by atoms with Gasteiger partial charge in [0.05, 0.1) is 23.2 Å². The first-order chi connectivity index (χ1) is 10.2. The van der Waals surface area contributed by atoms with Gasteiger partial charge >= 0.3 is 6.18 Å². The molecule has 22 heavy (non-hydrogen) atoms. The van der Waals surface area contributed by atoms with Crippen molar-refractivity contribution in [3.63, 3.8) is 0 Å². The summed E-state index contributed by atoms with van der Waals surface area (Å²) >= 11 is 0. The van der Waals surface area contributed by atoms with E-state index in [0.29, 0.717) is 6.07 Å². The standard InChI is InChI=1S/C14H18F3NO3S/c1-22(19,20)13-8-11(14(15,16)17)3-2-10(13)9-21-12-4-6-18-7-5-12/h2-3,8,12,18H,4-7,9H2,1H3. The fourth-order valence-electron chi connectivity index (χ4n) is 2.37. The largest absolute Gasteiger partial charge is 0.416 e.